The quantitative estimate of drug-likeness (QED) is 0.847. The minimum Gasteiger partial charge on any atom is -0.497 e. The Hall–Kier alpha value is -2.07. The third-order valence-electron chi connectivity index (χ3n) is 5.85. The van der Waals surface area contributed by atoms with E-state index in [1.54, 1.807) is 14.2 Å². The van der Waals surface area contributed by atoms with Crippen molar-refractivity contribution in [2.24, 2.45) is 0 Å². The van der Waals surface area contributed by atoms with Crippen LogP contribution in [0.25, 0.3) is 11.3 Å². The van der Waals surface area contributed by atoms with Crippen molar-refractivity contribution in [1.29, 1.82) is 0 Å². The number of nitrogens with zero attached hydrogens (tertiary/aromatic N) is 2. The van der Waals surface area contributed by atoms with Gasteiger partial charge in [-0.3, -0.25) is 4.98 Å². The molecule has 0 saturated carbocycles. The summed E-state index contributed by atoms with van der Waals surface area (Å²) in [5, 5.41) is 0. The summed E-state index contributed by atoms with van der Waals surface area (Å²) >= 11 is 0. The van der Waals surface area contributed by atoms with Crippen LogP contribution in [-0.4, -0.2) is 43.7 Å². The molecule has 0 aliphatic carbocycles. The number of rotatable bonds is 4. The van der Waals surface area contributed by atoms with E-state index in [1.807, 2.05) is 18.2 Å². The molecular weight excluding hydrogens is 312 g/mol. The molecule has 4 heteroatoms. The first-order valence-corrected chi connectivity index (χ1v) is 9.15. The Morgan fingerprint density at radius 2 is 1.80 bits per heavy atom. The van der Waals surface area contributed by atoms with Gasteiger partial charge in [-0.1, -0.05) is 6.07 Å². The highest BCUT2D eigenvalue weighted by Gasteiger charge is 2.39. The highest BCUT2D eigenvalue weighted by atomic mass is 16.5. The van der Waals surface area contributed by atoms with Gasteiger partial charge in [0.25, 0.3) is 0 Å². The Labute approximate surface area is 149 Å². The molecule has 2 aliphatic rings. The van der Waals surface area contributed by atoms with Crippen LogP contribution in [0.1, 0.15) is 31.2 Å². The minimum absolute atomic E-state index is 0.312. The molecule has 2 saturated heterocycles. The van der Waals surface area contributed by atoms with Crippen molar-refractivity contribution in [3.63, 3.8) is 0 Å². The summed E-state index contributed by atoms with van der Waals surface area (Å²) in [6.07, 6.45) is 7.27. The summed E-state index contributed by atoms with van der Waals surface area (Å²) in [5.41, 5.74) is 3.66. The van der Waals surface area contributed by atoms with Gasteiger partial charge in [0.15, 0.2) is 0 Å². The Kier molecular flexibility index (Phi) is 4.38. The van der Waals surface area contributed by atoms with Crippen molar-refractivity contribution in [1.82, 2.24) is 9.88 Å². The average molecular weight is 338 g/mol. The fourth-order valence-corrected chi connectivity index (χ4v) is 4.52. The fourth-order valence-electron chi connectivity index (χ4n) is 4.52. The lowest BCUT2D eigenvalue weighted by atomic mass is 9.69. The second-order valence-corrected chi connectivity index (χ2v) is 7.26. The van der Waals surface area contributed by atoms with Crippen LogP contribution in [0.3, 0.4) is 0 Å². The summed E-state index contributed by atoms with van der Waals surface area (Å²) in [5.74, 6) is 1.58. The summed E-state index contributed by atoms with van der Waals surface area (Å²) < 4.78 is 10.8. The summed E-state index contributed by atoms with van der Waals surface area (Å²) in [6.45, 7) is 3.71. The van der Waals surface area contributed by atoms with Gasteiger partial charge < -0.3 is 14.4 Å². The first kappa shape index (κ1) is 16.4. The fraction of sp³-hybridized carbons (Fsp3) is 0.476. The van der Waals surface area contributed by atoms with Crippen LogP contribution in [-0.2, 0) is 5.41 Å². The first-order valence-electron chi connectivity index (χ1n) is 9.15. The van der Waals surface area contributed by atoms with Gasteiger partial charge in [0.1, 0.15) is 11.5 Å². The first-order chi connectivity index (χ1) is 12.2. The van der Waals surface area contributed by atoms with Crippen LogP contribution in [0.2, 0.25) is 0 Å². The van der Waals surface area contributed by atoms with Crippen molar-refractivity contribution in [2.45, 2.75) is 31.1 Å². The van der Waals surface area contributed by atoms with Crippen LogP contribution < -0.4 is 9.47 Å². The summed E-state index contributed by atoms with van der Waals surface area (Å²) in [4.78, 5) is 7.41. The van der Waals surface area contributed by atoms with Gasteiger partial charge in [-0.05, 0) is 62.5 Å². The monoisotopic (exact) mass is 338 g/mol. The molecule has 1 aromatic carbocycles. The van der Waals surface area contributed by atoms with Crippen molar-refractivity contribution < 1.29 is 9.47 Å². The lowest BCUT2D eigenvalue weighted by Gasteiger charge is -2.47. The molecular formula is C21H26N2O2. The maximum absolute atomic E-state index is 5.53. The SMILES string of the molecule is COc1ccc(-c2ccc(C34CCCN(CCC3)C4)cn2)c(OC)c1. The number of ether oxygens (including phenoxy) is 2. The van der Waals surface area contributed by atoms with Crippen LogP contribution in [0.5, 0.6) is 11.5 Å². The normalized spacial score (nSPS) is 25.4. The lowest BCUT2D eigenvalue weighted by Crippen LogP contribution is -2.50. The molecule has 3 heterocycles. The number of fused-ring (bicyclic) bond motifs is 2. The number of pyridine rings is 1. The molecule has 4 nitrogen and oxygen atoms in total. The maximum Gasteiger partial charge on any atom is 0.131 e. The standard InChI is InChI=1S/C21H26N2O2/c1-24-17-6-7-18(20(13-17)25-2)19-8-5-16(14-22-19)21-9-3-11-23(15-21)12-4-10-21/h5-8,13-14H,3-4,9-12,15H2,1-2H3. The summed E-state index contributed by atoms with van der Waals surface area (Å²) in [7, 11) is 3.35. The molecule has 4 rings (SSSR count). The zero-order chi connectivity index (χ0) is 17.3. The molecule has 2 fully saturated rings. The van der Waals surface area contributed by atoms with Gasteiger partial charge in [-0.15, -0.1) is 0 Å². The number of piperidine rings is 2. The minimum atomic E-state index is 0.312. The van der Waals surface area contributed by atoms with Gasteiger partial charge in [-0.25, -0.2) is 0 Å². The molecule has 0 N–H and O–H groups in total. The largest absolute Gasteiger partial charge is 0.497 e. The van der Waals surface area contributed by atoms with E-state index in [1.165, 1.54) is 50.9 Å². The summed E-state index contributed by atoms with van der Waals surface area (Å²) in [6, 6.07) is 10.3. The highest BCUT2D eigenvalue weighted by molar-refractivity contribution is 5.68. The third-order valence-corrected chi connectivity index (χ3v) is 5.85. The van der Waals surface area contributed by atoms with E-state index >= 15 is 0 Å². The molecule has 2 aliphatic heterocycles. The van der Waals surface area contributed by atoms with E-state index in [9.17, 15) is 0 Å². The Bertz CT molecular complexity index is 732. The Balaban J connectivity index is 1.64. The van der Waals surface area contributed by atoms with E-state index in [0.717, 1.165) is 22.8 Å². The maximum atomic E-state index is 5.53. The molecule has 0 amide bonds. The third kappa shape index (κ3) is 2.99. The molecule has 0 unspecified atom stereocenters. The second kappa shape index (κ2) is 6.68. The van der Waals surface area contributed by atoms with Gasteiger partial charge in [0, 0.05) is 29.8 Å². The molecule has 0 spiro atoms. The van der Waals surface area contributed by atoms with Gasteiger partial charge >= 0.3 is 0 Å². The molecule has 1 aromatic heterocycles. The number of hydrogen-bond donors (Lipinski definition) is 0. The number of methoxy groups -OCH3 is 2. The topological polar surface area (TPSA) is 34.6 Å². The molecule has 2 bridgehead atoms. The molecule has 2 aromatic rings. The molecule has 132 valence electrons. The zero-order valence-corrected chi connectivity index (χ0v) is 15.1. The predicted molar refractivity (Wildman–Crippen MR) is 99.4 cm³/mol. The van der Waals surface area contributed by atoms with E-state index in [4.69, 9.17) is 14.5 Å². The van der Waals surface area contributed by atoms with E-state index in [2.05, 4.69) is 23.2 Å². The van der Waals surface area contributed by atoms with Crippen LogP contribution >= 0.6 is 0 Å². The van der Waals surface area contributed by atoms with Crippen molar-refractivity contribution in [3.05, 3.63) is 42.1 Å². The van der Waals surface area contributed by atoms with Gasteiger partial charge in [-0.2, -0.15) is 0 Å². The molecule has 25 heavy (non-hydrogen) atoms. The predicted octanol–water partition coefficient (Wildman–Crippen LogP) is 3.89. The highest BCUT2D eigenvalue weighted by Crippen LogP contribution is 2.41. The number of hydrogen-bond acceptors (Lipinski definition) is 4. The van der Waals surface area contributed by atoms with Gasteiger partial charge in [0.05, 0.1) is 19.9 Å². The number of benzene rings is 1. The Morgan fingerprint density at radius 3 is 2.44 bits per heavy atom. The average Bonchev–Trinajstić information content (AvgIpc) is 2.67. The van der Waals surface area contributed by atoms with Crippen molar-refractivity contribution in [3.8, 4) is 22.8 Å². The number of aromatic nitrogens is 1. The molecule has 0 radical (unpaired) electrons. The van der Waals surface area contributed by atoms with E-state index in [0.29, 0.717) is 5.41 Å². The Morgan fingerprint density at radius 1 is 1.00 bits per heavy atom. The van der Waals surface area contributed by atoms with Crippen LogP contribution in [0, 0.1) is 0 Å². The van der Waals surface area contributed by atoms with Crippen LogP contribution in [0.4, 0.5) is 0 Å². The lowest BCUT2D eigenvalue weighted by molar-refractivity contribution is 0.0941. The van der Waals surface area contributed by atoms with E-state index in [-0.39, 0.29) is 0 Å². The zero-order valence-electron chi connectivity index (χ0n) is 15.1. The van der Waals surface area contributed by atoms with Crippen molar-refractivity contribution in [2.75, 3.05) is 33.9 Å². The van der Waals surface area contributed by atoms with E-state index < -0.39 is 0 Å². The smallest absolute Gasteiger partial charge is 0.131 e. The van der Waals surface area contributed by atoms with Crippen molar-refractivity contribution >= 4 is 0 Å². The van der Waals surface area contributed by atoms with Crippen LogP contribution in [0.15, 0.2) is 36.5 Å². The second-order valence-electron chi connectivity index (χ2n) is 7.26. The molecule has 0 atom stereocenters. The van der Waals surface area contributed by atoms with Gasteiger partial charge in [0.2, 0.25) is 0 Å².